The van der Waals surface area contributed by atoms with Gasteiger partial charge in [-0.15, -0.1) is 0 Å². The molecule has 28 heavy (non-hydrogen) atoms. The summed E-state index contributed by atoms with van der Waals surface area (Å²) in [5.74, 6) is 2.70. The highest BCUT2D eigenvalue weighted by molar-refractivity contribution is 5.65. The molecule has 2 N–H and O–H groups in total. The first-order valence-electron chi connectivity index (χ1n) is 9.02. The molecule has 1 aromatic heterocycles. The van der Waals surface area contributed by atoms with Crippen molar-refractivity contribution >= 4 is 23.1 Å². The first kappa shape index (κ1) is 17.5. The van der Waals surface area contributed by atoms with Crippen molar-refractivity contribution < 1.29 is 4.74 Å². The van der Waals surface area contributed by atoms with Crippen LogP contribution in [0.4, 0.5) is 23.1 Å². The van der Waals surface area contributed by atoms with Crippen LogP contribution in [0, 0.1) is 6.92 Å². The summed E-state index contributed by atoms with van der Waals surface area (Å²) in [4.78, 5) is 8.84. The lowest BCUT2D eigenvalue weighted by Gasteiger charge is -2.13. The van der Waals surface area contributed by atoms with E-state index in [1.54, 1.807) is 6.20 Å². The number of para-hydroxylation sites is 3. The summed E-state index contributed by atoms with van der Waals surface area (Å²) < 4.78 is 6.00. The molecule has 0 aliphatic heterocycles. The van der Waals surface area contributed by atoms with E-state index < -0.39 is 0 Å². The molecule has 0 saturated carbocycles. The van der Waals surface area contributed by atoms with Crippen molar-refractivity contribution in [3.05, 3.63) is 96.7 Å². The molecule has 0 atom stereocenters. The predicted octanol–water partition coefficient (Wildman–Crippen LogP) is 6.06. The van der Waals surface area contributed by atoms with Gasteiger partial charge < -0.3 is 15.4 Å². The molecule has 5 nitrogen and oxygen atoms in total. The average Bonchev–Trinajstić information content (AvgIpc) is 2.72. The first-order chi connectivity index (χ1) is 13.8. The number of rotatable bonds is 6. The SMILES string of the molecule is Cc1ccc(Nc2nccc(Nc3ccccc3Oc3ccccc3)n2)cc1. The minimum atomic E-state index is 0.523. The van der Waals surface area contributed by atoms with Crippen LogP contribution in [0.1, 0.15) is 5.56 Å². The number of hydrogen-bond donors (Lipinski definition) is 2. The standard InChI is InChI=1S/C23H20N4O/c1-17-11-13-18(14-12-17)25-23-24-16-15-22(27-23)26-20-9-5-6-10-21(20)28-19-7-3-2-4-8-19/h2-16H,1H3,(H2,24,25,26,27). The maximum atomic E-state index is 6.00. The van der Waals surface area contributed by atoms with Gasteiger partial charge in [0.25, 0.3) is 0 Å². The lowest BCUT2D eigenvalue weighted by Crippen LogP contribution is -2.01. The Morgan fingerprint density at radius 2 is 1.50 bits per heavy atom. The fraction of sp³-hybridized carbons (Fsp3) is 0.0435. The highest BCUT2D eigenvalue weighted by Gasteiger charge is 2.07. The number of aromatic nitrogens is 2. The third-order valence-corrected chi connectivity index (χ3v) is 4.08. The van der Waals surface area contributed by atoms with Gasteiger partial charge in [-0.25, -0.2) is 4.98 Å². The lowest BCUT2D eigenvalue weighted by molar-refractivity contribution is 0.485. The van der Waals surface area contributed by atoms with Crippen molar-refractivity contribution in [3.8, 4) is 11.5 Å². The summed E-state index contributed by atoms with van der Waals surface area (Å²) in [5.41, 5.74) is 2.97. The van der Waals surface area contributed by atoms with Crippen molar-refractivity contribution in [3.63, 3.8) is 0 Å². The molecule has 0 bridgehead atoms. The Morgan fingerprint density at radius 3 is 2.32 bits per heavy atom. The highest BCUT2D eigenvalue weighted by atomic mass is 16.5. The summed E-state index contributed by atoms with van der Waals surface area (Å²) >= 11 is 0. The van der Waals surface area contributed by atoms with Gasteiger partial charge in [0, 0.05) is 11.9 Å². The monoisotopic (exact) mass is 368 g/mol. The molecular formula is C23H20N4O. The molecule has 4 rings (SSSR count). The molecule has 4 aromatic rings. The third kappa shape index (κ3) is 4.45. The maximum Gasteiger partial charge on any atom is 0.229 e. The molecular weight excluding hydrogens is 348 g/mol. The van der Waals surface area contributed by atoms with Crippen molar-refractivity contribution in [2.45, 2.75) is 6.92 Å². The van der Waals surface area contributed by atoms with E-state index in [4.69, 9.17) is 4.74 Å². The Hall–Kier alpha value is -3.86. The Morgan fingerprint density at radius 1 is 0.750 bits per heavy atom. The zero-order valence-corrected chi connectivity index (χ0v) is 15.5. The summed E-state index contributed by atoms with van der Waals surface area (Å²) in [6.07, 6.45) is 1.71. The number of aryl methyl sites for hydroxylation is 1. The van der Waals surface area contributed by atoms with Crippen LogP contribution in [-0.2, 0) is 0 Å². The highest BCUT2D eigenvalue weighted by Crippen LogP contribution is 2.31. The Labute approximate surface area is 164 Å². The molecule has 0 aliphatic rings. The minimum Gasteiger partial charge on any atom is -0.455 e. The van der Waals surface area contributed by atoms with Gasteiger partial charge in [0.2, 0.25) is 5.95 Å². The van der Waals surface area contributed by atoms with E-state index >= 15 is 0 Å². The second kappa shape index (κ2) is 8.22. The zero-order valence-electron chi connectivity index (χ0n) is 15.5. The van der Waals surface area contributed by atoms with Gasteiger partial charge in [-0.3, -0.25) is 0 Å². The van der Waals surface area contributed by atoms with E-state index in [0.717, 1.165) is 22.9 Å². The van der Waals surface area contributed by atoms with Crippen LogP contribution in [0.2, 0.25) is 0 Å². The van der Waals surface area contributed by atoms with E-state index in [2.05, 4.69) is 27.5 Å². The smallest absolute Gasteiger partial charge is 0.229 e. The van der Waals surface area contributed by atoms with Crippen LogP contribution in [0.5, 0.6) is 11.5 Å². The summed E-state index contributed by atoms with van der Waals surface area (Å²) in [6, 6.07) is 27.4. The largest absolute Gasteiger partial charge is 0.455 e. The third-order valence-electron chi connectivity index (χ3n) is 4.08. The Kier molecular flexibility index (Phi) is 5.15. The second-order valence-corrected chi connectivity index (χ2v) is 6.29. The van der Waals surface area contributed by atoms with Crippen LogP contribution in [0.15, 0.2) is 91.1 Å². The summed E-state index contributed by atoms with van der Waals surface area (Å²) in [5, 5.41) is 6.53. The normalized spacial score (nSPS) is 10.3. The van der Waals surface area contributed by atoms with E-state index in [9.17, 15) is 0 Å². The van der Waals surface area contributed by atoms with Gasteiger partial charge >= 0.3 is 0 Å². The van der Waals surface area contributed by atoms with Gasteiger partial charge in [-0.1, -0.05) is 48.0 Å². The molecule has 3 aromatic carbocycles. The molecule has 0 radical (unpaired) electrons. The zero-order chi connectivity index (χ0) is 19.2. The topological polar surface area (TPSA) is 59.1 Å². The van der Waals surface area contributed by atoms with E-state index in [1.807, 2.05) is 84.9 Å². The van der Waals surface area contributed by atoms with E-state index in [0.29, 0.717) is 11.8 Å². The fourth-order valence-electron chi connectivity index (χ4n) is 2.67. The number of anilines is 4. The number of ether oxygens (including phenoxy) is 1. The fourth-order valence-corrected chi connectivity index (χ4v) is 2.67. The number of hydrogen-bond acceptors (Lipinski definition) is 5. The first-order valence-corrected chi connectivity index (χ1v) is 9.02. The number of nitrogens with one attached hydrogen (secondary N) is 2. The molecule has 0 saturated heterocycles. The Balaban J connectivity index is 1.52. The molecule has 0 spiro atoms. The van der Waals surface area contributed by atoms with Gasteiger partial charge in [0.15, 0.2) is 5.75 Å². The second-order valence-electron chi connectivity index (χ2n) is 6.29. The van der Waals surface area contributed by atoms with Crippen molar-refractivity contribution in [2.24, 2.45) is 0 Å². The molecule has 0 aliphatic carbocycles. The Bertz CT molecular complexity index is 1050. The molecule has 0 unspecified atom stereocenters. The van der Waals surface area contributed by atoms with E-state index in [-0.39, 0.29) is 0 Å². The van der Waals surface area contributed by atoms with E-state index in [1.165, 1.54) is 5.56 Å². The lowest BCUT2D eigenvalue weighted by atomic mass is 10.2. The number of nitrogens with zero attached hydrogens (tertiary/aromatic N) is 2. The molecule has 138 valence electrons. The van der Waals surface area contributed by atoms with Gasteiger partial charge in [0.1, 0.15) is 11.6 Å². The summed E-state index contributed by atoms with van der Waals surface area (Å²) in [7, 11) is 0. The number of benzene rings is 3. The molecule has 1 heterocycles. The van der Waals surface area contributed by atoms with Crippen LogP contribution in [0.25, 0.3) is 0 Å². The quantitative estimate of drug-likeness (QED) is 0.433. The average molecular weight is 368 g/mol. The molecule has 0 amide bonds. The molecule has 0 fully saturated rings. The maximum absolute atomic E-state index is 6.00. The molecule has 5 heteroatoms. The van der Waals surface area contributed by atoms with Crippen LogP contribution >= 0.6 is 0 Å². The van der Waals surface area contributed by atoms with Crippen molar-refractivity contribution in [1.29, 1.82) is 0 Å². The summed E-state index contributed by atoms with van der Waals surface area (Å²) in [6.45, 7) is 2.06. The van der Waals surface area contributed by atoms with Crippen molar-refractivity contribution in [2.75, 3.05) is 10.6 Å². The van der Waals surface area contributed by atoms with Gasteiger partial charge in [-0.2, -0.15) is 4.98 Å². The van der Waals surface area contributed by atoms with Crippen LogP contribution < -0.4 is 15.4 Å². The van der Waals surface area contributed by atoms with Gasteiger partial charge in [0.05, 0.1) is 5.69 Å². The minimum absolute atomic E-state index is 0.523. The predicted molar refractivity (Wildman–Crippen MR) is 113 cm³/mol. The van der Waals surface area contributed by atoms with Crippen LogP contribution in [-0.4, -0.2) is 9.97 Å². The van der Waals surface area contributed by atoms with Gasteiger partial charge in [-0.05, 0) is 49.4 Å². The van der Waals surface area contributed by atoms with Crippen LogP contribution in [0.3, 0.4) is 0 Å². The van der Waals surface area contributed by atoms with Crippen molar-refractivity contribution in [1.82, 2.24) is 9.97 Å².